The van der Waals surface area contributed by atoms with Gasteiger partial charge in [-0.25, -0.2) is 4.98 Å². The molecule has 3 heteroatoms. The lowest BCUT2D eigenvalue weighted by molar-refractivity contribution is 0.945. The Kier molecular flexibility index (Phi) is 4.00. The average Bonchev–Trinajstić information content (AvgIpc) is 2.49. The fourth-order valence-electron chi connectivity index (χ4n) is 2.14. The zero-order valence-corrected chi connectivity index (χ0v) is 11.9. The van der Waals surface area contributed by atoms with Crippen LogP contribution in [0.4, 0.5) is 0 Å². The second-order valence-corrected chi connectivity index (χ2v) is 5.75. The molecule has 0 aliphatic rings. The van der Waals surface area contributed by atoms with Gasteiger partial charge in [0.05, 0.1) is 0 Å². The van der Waals surface area contributed by atoms with Crippen molar-refractivity contribution in [2.75, 3.05) is 6.54 Å². The van der Waals surface area contributed by atoms with Crippen LogP contribution in [0.3, 0.4) is 0 Å². The normalized spacial score (nSPS) is 10.8. The number of hydrogen-bond acceptors (Lipinski definition) is 3. The first kappa shape index (κ1) is 13.2. The van der Waals surface area contributed by atoms with Crippen molar-refractivity contribution in [3.63, 3.8) is 0 Å². The summed E-state index contributed by atoms with van der Waals surface area (Å²) in [6.07, 6.45) is 2.80. The molecule has 3 rings (SSSR count). The van der Waals surface area contributed by atoms with Gasteiger partial charge in [-0.05, 0) is 47.5 Å². The number of nitrogens with zero attached hydrogens (tertiary/aromatic N) is 1. The Balaban J connectivity index is 1.81. The van der Waals surface area contributed by atoms with Crippen LogP contribution in [0.1, 0.15) is 5.56 Å². The number of hydrogen-bond donors (Lipinski definition) is 1. The lowest BCUT2D eigenvalue weighted by Crippen LogP contribution is -2.02. The number of pyridine rings is 1. The van der Waals surface area contributed by atoms with E-state index in [2.05, 4.69) is 59.6 Å². The van der Waals surface area contributed by atoms with Gasteiger partial charge >= 0.3 is 0 Å². The molecule has 0 spiro atoms. The van der Waals surface area contributed by atoms with Gasteiger partial charge in [0.25, 0.3) is 0 Å². The minimum atomic E-state index is 0.666. The summed E-state index contributed by atoms with van der Waals surface area (Å²) >= 11 is 1.69. The fraction of sp³-hybridized carbons (Fsp3) is 0.118. The van der Waals surface area contributed by atoms with Crippen LogP contribution < -0.4 is 5.73 Å². The van der Waals surface area contributed by atoms with Crippen molar-refractivity contribution in [1.82, 2.24) is 4.98 Å². The molecule has 0 atom stereocenters. The number of fused-ring (bicyclic) bond motifs is 1. The van der Waals surface area contributed by atoms with E-state index in [-0.39, 0.29) is 0 Å². The van der Waals surface area contributed by atoms with Crippen molar-refractivity contribution in [2.24, 2.45) is 5.73 Å². The molecular formula is C17H16N2S. The van der Waals surface area contributed by atoms with Crippen LogP contribution in [0.5, 0.6) is 0 Å². The molecule has 0 fully saturated rings. The predicted octanol–water partition coefficient (Wildman–Crippen LogP) is 3.89. The Hall–Kier alpha value is -1.84. The SMILES string of the molecule is NCCc1ccc(Sc2ccc3ccccc3c2)nc1. The quantitative estimate of drug-likeness (QED) is 0.788. The number of aromatic nitrogens is 1. The average molecular weight is 280 g/mol. The fourth-order valence-corrected chi connectivity index (χ4v) is 2.94. The molecule has 1 heterocycles. The van der Waals surface area contributed by atoms with Gasteiger partial charge in [0.2, 0.25) is 0 Å². The Morgan fingerprint density at radius 3 is 2.55 bits per heavy atom. The van der Waals surface area contributed by atoms with Gasteiger partial charge in [-0.15, -0.1) is 0 Å². The molecule has 20 heavy (non-hydrogen) atoms. The van der Waals surface area contributed by atoms with Crippen LogP contribution in [0.15, 0.2) is 70.7 Å². The second kappa shape index (κ2) is 6.07. The van der Waals surface area contributed by atoms with Gasteiger partial charge < -0.3 is 5.73 Å². The third-order valence-corrected chi connectivity index (χ3v) is 4.11. The molecule has 0 aliphatic heterocycles. The molecule has 0 saturated heterocycles. The molecule has 1 aromatic heterocycles. The van der Waals surface area contributed by atoms with E-state index in [1.165, 1.54) is 21.2 Å². The highest BCUT2D eigenvalue weighted by Gasteiger charge is 2.01. The maximum atomic E-state index is 5.54. The molecule has 2 N–H and O–H groups in total. The highest BCUT2D eigenvalue weighted by Crippen LogP contribution is 2.28. The molecule has 0 radical (unpaired) electrons. The second-order valence-electron chi connectivity index (χ2n) is 4.65. The van der Waals surface area contributed by atoms with E-state index in [0.29, 0.717) is 6.54 Å². The Morgan fingerprint density at radius 2 is 1.80 bits per heavy atom. The van der Waals surface area contributed by atoms with Gasteiger partial charge in [0.1, 0.15) is 5.03 Å². The lowest BCUT2D eigenvalue weighted by atomic mass is 10.1. The molecule has 0 saturated carbocycles. The summed E-state index contributed by atoms with van der Waals surface area (Å²) in [5.74, 6) is 0. The minimum Gasteiger partial charge on any atom is -0.330 e. The zero-order chi connectivity index (χ0) is 13.8. The number of benzene rings is 2. The lowest BCUT2D eigenvalue weighted by Gasteiger charge is -2.04. The smallest absolute Gasteiger partial charge is 0.101 e. The van der Waals surface area contributed by atoms with Crippen LogP contribution >= 0.6 is 11.8 Å². The topological polar surface area (TPSA) is 38.9 Å². The third-order valence-electron chi connectivity index (χ3n) is 3.17. The van der Waals surface area contributed by atoms with Crippen molar-refractivity contribution in [1.29, 1.82) is 0 Å². The van der Waals surface area contributed by atoms with Gasteiger partial charge in [-0.2, -0.15) is 0 Å². The van der Waals surface area contributed by atoms with E-state index in [9.17, 15) is 0 Å². The van der Waals surface area contributed by atoms with Crippen LogP contribution in [0.25, 0.3) is 10.8 Å². The van der Waals surface area contributed by atoms with E-state index < -0.39 is 0 Å². The molecule has 0 amide bonds. The van der Waals surface area contributed by atoms with Crippen molar-refractivity contribution in [2.45, 2.75) is 16.3 Å². The van der Waals surface area contributed by atoms with Crippen molar-refractivity contribution in [3.05, 3.63) is 66.4 Å². The molecule has 2 aromatic carbocycles. The number of nitrogens with two attached hydrogens (primary N) is 1. The Morgan fingerprint density at radius 1 is 0.950 bits per heavy atom. The first-order valence-electron chi connectivity index (χ1n) is 6.67. The summed E-state index contributed by atoms with van der Waals surface area (Å²) < 4.78 is 0. The Labute approximate surface area is 123 Å². The summed E-state index contributed by atoms with van der Waals surface area (Å²) in [4.78, 5) is 5.69. The zero-order valence-electron chi connectivity index (χ0n) is 11.1. The van der Waals surface area contributed by atoms with E-state index >= 15 is 0 Å². The van der Waals surface area contributed by atoms with Gasteiger partial charge in [-0.1, -0.05) is 48.2 Å². The van der Waals surface area contributed by atoms with Crippen molar-refractivity contribution in [3.8, 4) is 0 Å². The van der Waals surface area contributed by atoms with Gasteiger partial charge in [0, 0.05) is 11.1 Å². The van der Waals surface area contributed by atoms with E-state index in [0.717, 1.165) is 11.4 Å². The summed E-state index contributed by atoms with van der Waals surface area (Å²) in [5.41, 5.74) is 6.73. The molecule has 0 bridgehead atoms. The first-order valence-corrected chi connectivity index (χ1v) is 7.48. The Bertz CT molecular complexity index is 708. The summed E-state index contributed by atoms with van der Waals surface area (Å²) in [6.45, 7) is 0.666. The highest BCUT2D eigenvalue weighted by atomic mass is 32.2. The standard InChI is InChI=1S/C17H16N2S/c18-10-9-13-5-8-17(19-12-13)20-16-7-6-14-3-1-2-4-15(14)11-16/h1-8,11-12H,9-10,18H2. The van der Waals surface area contributed by atoms with Gasteiger partial charge in [-0.3, -0.25) is 0 Å². The molecule has 0 aliphatic carbocycles. The molecule has 100 valence electrons. The van der Waals surface area contributed by atoms with Crippen LogP contribution in [0.2, 0.25) is 0 Å². The molecule has 3 aromatic rings. The maximum absolute atomic E-state index is 5.54. The van der Waals surface area contributed by atoms with Gasteiger partial charge in [0.15, 0.2) is 0 Å². The molecule has 0 unspecified atom stereocenters. The first-order chi connectivity index (χ1) is 9.85. The van der Waals surface area contributed by atoms with E-state index in [1.54, 1.807) is 11.8 Å². The summed E-state index contributed by atoms with van der Waals surface area (Å²) in [5, 5.41) is 3.54. The monoisotopic (exact) mass is 280 g/mol. The van der Waals surface area contributed by atoms with Crippen molar-refractivity contribution < 1.29 is 0 Å². The largest absolute Gasteiger partial charge is 0.330 e. The molecular weight excluding hydrogens is 264 g/mol. The summed E-state index contributed by atoms with van der Waals surface area (Å²) in [6, 6.07) is 19.1. The number of rotatable bonds is 4. The third kappa shape index (κ3) is 3.00. The van der Waals surface area contributed by atoms with Crippen LogP contribution in [-0.4, -0.2) is 11.5 Å². The van der Waals surface area contributed by atoms with Crippen LogP contribution in [-0.2, 0) is 6.42 Å². The molecule has 2 nitrogen and oxygen atoms in total. The van der Waals surface area contributed by atoms with Crippen LogP contribution in [0, 0.1) is 0 Å². The minimum absolute atomic E-state index is 0.666. The maximum Gasteiger partial charge on any atom is 0.101 e. The highest BCUT2D eigenvalue weighted by molar-refractivity contribution is 7.99. The summed E-state index contributed by atoms with van der Waals surface area (Å²) in [7, 11) is 0. The van der Waals surface area contributed by atoms with Crippen molar-refractivity contribution >= 4 is 22.5 Å². The van der Waals surface area contributed by atoms with E-state index in [4.69, 9.17) is 5.73 Å². The van der Waals surface area contributed by atoms with E-state index in [1.807, 2.05) is 6.20 Å². The predicted molar refractivity (Wildman–Crippen MR) is 85.1 cm³/mol.